The summed E-state index contributed by atoms with van der Waals surface area (Å²) in [6.07, 6.45) is -0.546. The fraction of sp³-hybridized carbons (Fsp3) is 0.448. The van der Waals surface area contributed by atoms with Gasteiger partial charge >= 0.3 is 6.18 Å². The van der Waals surface area contributed by atoms with Crippen LogP contribution in [0, 0.1) is 5.92 Å². The molecule has 0 radical (unpaired) electrons. The number of carbonyl (C=O) groups is 2. The first kappa shape index (κ1) is 27.4. The van der Waals surface area contributed by atoms with Crippen LogP contribution in [-0.2, 0) is 15.8 Å². The van der Waals surface area contributed by atoms with Crippen molar-refractivity contribution in [1.82, 2.24) is 9.80 Å². The molecule has 2 saturated heterocycles. The zero-order valence-electron chi connectivity index (χ0n) is 22.0. The van der Waals surface area contributed by atoms with Crippen LogP contribution in [0.2, 0.25) is 0 Å². The molecule has 0 bridgehead atoms. The first-order valence-electron chi connectivity index (χ1n) is 13.1. The second-order valence-corrected chi connectivity index (χ2v) is 11.5. The molecule has 3 aliphatic rings. The minimum Gasteiger partial charge on any atom is -0.495 e. The maximum Gasteiger partial charge on any atom is 0.416 e. The Hall–Kier alpha value is -3.14. The Morgan fingerprint density at radius 3 is 2.38 bits per heavy atom. The summed E-state index contributed by atoms with van der Waals surface area (Å²) in [6, 6.07) is 12.7. The highest BCUT2D eigenvalue weighted by Crippen LogP contribution is 2.44. The summed E-state index contributed by atoms with van der Waals surface area (Å²) < 4.78 is 44.2. The standard InChI is InChI=1S/C29H32F3N3O3S/c1-33-23-18-20(27(36)35-15-13-34(14-16-35)22-5-3-4-6-24(22)38-2)9-12-25(23)39-26(28(33)37)17-19-7-10-21(11-8-19)29(30,31)32/h3-8,10-11,17,20,23,25H,9,12-16,18H2,1-2H3/b26-17-. The highest BCUT2D eigenvalue weighted by molar-refractivity contribution is 8.04. The number of methoxy groups -OCH3 is 1. The van der Waals surface area contributed by atoms with Crippen LogP contribution in [0.1, 0.15) is 30.4 Å². The molecule has 1 aliphatic carbocycles. The van der Waals surface area contributed by atoms with E-state index in [4.69, 9.17) is 4.74 Å². The quantitative estimate of drug-likeness (QED) is 0.486. The molecule has 2 amide bonds. The second kappa shape index (κ2) is 11.2. The lowest BCUT2D eigenvalue weighted by Gasteiger charge is -2.45. The Morgan fingerprint density at radius 2 is 1.72 bits per heavy atom. The molecule has 0 aromatic heterocycles. The summed E-state index contributed by atoms with van der Waals surface area (Å²) in [5.74, 6) is 0.704. The number of halogens is 3. The van der Waals surface area contributed by atoms with E-state index in [0.29, 0.717) is 30.0 Å². The number of thioether (sulfide) groups is 1. The Labute approximate surface area is 230 Å². The molecule has 2 aromatic carbocycles. The van der Waals surface area contributed by atoms with Crippen molar-refractivity contribution in [3.8, 4) is 5.75 Å². The first-order valence-corrected chi connectivity index (χ1v) is 14.0. The van der Waals surface area contributed by atoms with Crippen LogP contribution in [0.15, 0.2) is 53.4 Å². The number of anilines is 1. The Morgan fingerprint density at radius 1 is 1.03 bits per heavy atom. The molecule has 2 heterocycles. The van der Waals surface area contributed by atoms with Crippen molar-refractivity contribution >= 4 is 35.3 Å². The first-order chi connectivity index (χ1) is 18.7. The van der Waals surface area contributed by atoms with Crippen molar-refractivity contribution in [2.45, 2.75) is 36.7 Å². The zero-order valence-corrected chi connectivity index (χ0v) is 22.8. The Bertz CT molecular complexity index is 1240. The van der Waals surface area contributed by atoms with Gasteiger partial charge in [0.2, 0.25) is 5.91 Å². The third kappa shape index (κ3) is 5.76. The smallest absolute Gasteiger partial charge is 0.416 e. The van der Waals surface area contributed by atoms with Crippen LogP contribution in [0.3, 0.4) is 0 Å². The summed E-state index contributed by atoms with van der Waals surface area (Å²) >= 11 is 1.49. The van der Waals surface area contributed by atoms with Crippen LogP contribution < -0.4 is 9.64 Å². The molecule has 1 saturated carbocycles. The van der Waals surface area contributed by atoms with Gasteiger partial charge in [-0.1, -0.05) is 24.3 Å². The van der Waals surface area contributed by atoms with Gasteiger partial charge in [-0.2, -0.15) is 13.2 Å². The Kier molecular flexibility index (Phi) is 7.84. The van der Waals surface area contributed by atoms with Crippen molar-refractivity contribution in [3.63, 3.8) is 0 Å². The van der Waals surface area contributed by atoms with Crippen molar-refractivity contribution < 1.29 is 27.5 Å². The number of likely N-dealkylation sites (N-methyl/N-ethyl adjacent to an activating group) is 1. The highest BCUT2D eigenvalue weighted by Gasteiger charge is 2.44. The third-order valence-electron chi connectivity index (χ3n) is 7.96. The van der Waals surface area contributed by atoms with Crippen molar-refractivity contribution in [1.29, 1.82) is 0 Å². The van der Waals surface area contributed by atoms with Crippen LogP contribution in [0.4, 0.5) is 18.9 Å². The summed E-state index contributed by atoms with van der Waals surface area (Å²) in [4.78, 5) is 33.1. The number of piperazine rings is 1. The average molecular weight is 560 g/mol. The van der Waals surface area contributed by atoms with Gasteiger partial charge in [0, 0.05) is 50.4 Å². The number of amides is 2. The van der Waals surface area contributed by atoms with Crippen LogP contribution in [-0.4, -0.2) is 73.2 Å². The van der Waals surface area contributed by atoms with Crippen LogP contribution in [0.25, 0.3) is 6.08 Å². The fourth-order valence-corrected chi connectivity index (χ4v) is 7.24. The lowest BCUT2D eigenvalue weighted by molar-refractivity contribution is -0.139. The fourth-order valence-electron chi connectivity index (χ4n) is 5.76. The minimum absolute atomic E-state index is 0.0511. The van der Waals surface area contributed by atoms with Gasteiger partial charge in [0.25, 0.3) is 5.91 Å². The largest absolute Gasteiger partial charge is 0.495 e. The lowest BCUT2D eigenvalue weighted by atomic mass is 9.83. The number of hydrogen-bond donors (Lipinski definition) is 0. The number of para-hydroxylation sites is 2. The van der Waals surface area contributed by atoms with Crippen molar-refractivity contribution in [2.75, 3.05) is 45.2 Å². The van der Waals surface area contributed by atoms with Gasteiger partial charge in [-0.05, 0) is 55.2 Å². The van der Waals surface area contributed by atoms with E-state index >= 15 is 0 Å². The molecule has 5 rings (SSSR count). The molecule has 3 fully saturated rings. The van der Waals surface area contributed by atoms with Crippen molar-refractivity contribution in [3.05, 3.63) is 64.6 Å². The molecule has 2 aliphatic heterocycles. The summed E-state index contributed by atoms with van der Waals surface area (Å²) in [6.45, 7) is 2.75. The van der Waals surface area contributed by atoms with Gasteiger partial charge in [-0.15, -0.1) is 11.8 Å². The molecule has 39 heavy (non-hydrogen) atoms. The van der Waals surface area contributed by atoms with Gasteiger partial charge < -0.3 is 19.4 Å². The molecule has 0 N–H and O–H groups in total. The number of ether oxygens (including phenoxy) is 1. The van der Waals surface area contributed by atoms with E-state index in [0.717, 1.165) is 49.5 Å². The average Bonchev–Trinajstić information content (AvgIpc) is 2.95. The lowest BCUT2D eigenvalue weighted by Crippen LogP contribution is -2.55. The summed E-state index contributed by atoms with van der Waals surface area (Å²) in [7, 11) is 3.42. The van der Waals surface area contributed by atoms with Gasteiger partial charge in [-0.25, -0.2) is 0 Å². The van der Waals surface area contributed by atoms with Gasteiger partial charge in [0.15, 0.2) is 0 Å². The highest BCUT2D eigenvalue weighted by atomic mass is 32.2. The number of hydrogen-bond acceptors (Lipinski definition) is 5. The number of rotatable bonds is 4. The van der Waals surface area contributed by atoms with E-state index in [2.05, 4.69) is 4.90 Å². The van der Waals surface area contributed by atoms with E-state index < -0.39 is 11.7 Å². The number of carbonyl (C=O) groups excluding carboxylic acids is 2. The number of nitrogens with zero attached hydrogens (tertiary/aromatic N) is 3. The molecule has 0 spiro atoms. The van der Waals surface area contributed by atoms with E-state index in [-0.39, 0.29) is 29.0 Å². The van der Waals surface area contributed by atoms with Gasteiger partial charge in [0.05, 0.1) is 23.3 Å². The van der Waals surface area contributed by atoms with E-state index in [1.807, 2.05) is 29.2 Å². The number of fused-ring (bicyclic) bond motifs is 1. The maximum atomic E-state index is 13.5. The van der Waals surface area contributed by atoms with E-state index in [1.54, 1.807) is 25.1 Å². The Balaban J connectivity index is 1.20. The molecular weight excluding hydrogens is 527 g/mol. The molecule has 6 nitrogen and oxygen atoms in total. The maximum absolute atomic E-state index is 13.5. The van der Waals surface area contributed by atoms with Gasteiger partial charge in [0.1, 0.15) is 5.75 Å². The van der Waals surface area contributed by atoms with E-state index in [1.165, 1.54) is 23.9 Å². The summed E-state index contributed by atoms with van der Waals surface area (Å²) in [5, 5.41) is 0.153. The molecule has 3 unspecified atom stereocenters. The molecule has 3 atom stereocenters. The predicted octanol–water partition coefficient (Wildman–Crippen LogP) is 5.15. The van der Waals surface area contributed by atoms with E-state index in [9.17, 15) is 22.8 Å². The molecule has 2 aromatic rings. The number of alkyl halides is 3. The topological polar surface area (TPSA) is 53.1 Å². The molecule has 208 valence electrons. The normalized spacial score (nSPS) is 25.1. The second-order valence-electron chi connectivity index (χ2n) is 10.3. The third-order valence-corrected chi connectivity index (χ3v) is 9.36. The van der Waals surface area contributed by atoms with Crippen molar-refractivity contribution in [2.24, 2.45) is 5.92 Å². The minimum atomic E-state index is -4.40. The van der Waals surface area contributed by atoms with Gasteiger partial charge in [-0.3, -0.25) is 9.59 Å². The monoisotopic (exact) mass is 559 g/mol. The zero-order chi connectivity index (χ0) is 27.7. The molecular formula is C29H32F3N3O3S. The SMILES string of the molecule is COc1ccccc1N1CCN(C(=O)C2CCC3S/C(=C\c4ccc(C(F)(F)F)cc4)C(=O)N(C)C3C2)CC1. The predicted molar refractivity (Wildman–Crippen MR) is 146 cm³/mol. The van der Waals surface area contributed by atoms with Crippen LogP contribution in [0.5, 0.6) is 5.75 Å². The molecule has 10 heteroatoms. The van der Waals surface area contributed by atoms with Crippen LogP contribution >= 0.6 is 11.8 Å². The number of benzene rings is 2. The summed E-state index contributed by atoms with van der Waals surface area (Å²) in [5.41, 5.74) is 0.877.